The van der Waals surface area contributed by atoms with Crippen molar-refractivity contribution in [3.63, 3.8) is 0 Å². The van der Waals surface area contributed by atoms with Gasteiger partial charge in [0, 0.05) is 0 Å². The minimum absolute atomic E-state index is 0.00388. The van der Waals surface area contributed by atoms with Gasteiger partial charge in [0.1, 0.15) is 0 Å². The van der Waals surface area contributed by atoms with Crippen LogP contribution in [0.2, 0.25) is 0 Å². The zero-order valence-electron chi connectivity index (χ0n) is 9.18. The summed E-state index contributed by atoms with van der Waals surface area (Å²) in [6.45, 7) is -1.32. The first-order valence-corrected chi connectivity index (χ1v) is 5.12. The van der Waals surface area contributed by atoms with Crippen molar-refractivity contribution >= 4 is 17.1 Å². The lowest BCUT2D eigenvalue weighted by Crippen LogP contribution is -2.26. The summed E-state index contributed by atoms with van der Waals surface area (Å²) < 4.78 is 27.4. The number of aliphatic hydroxyl groups is 1. The number of nitrogens with two attached hydrogens (primary N) is 1. The number of nitrogens with zero attached hydrogens (tertiary/aromatic N) is 3. The third kappa shape index (κ3) is 2.16. The number of fused-ring (bicyclic) bond motifs is 1. The molecule has 2 rings (SSSR count). The van der Waals surface area contributed by atoms with Crippen molar-refractivity contribution < 1.29 is 13.9 Å². The normalized spacial score (nSPS) is 14.8. The molecule has 18 heavy (non-hydrogen) atoms. The molecule has 0 aromatic carbocycles. The van der Waals surface area contributed by atoms with Gasteiger partial charge in [-0.3, -0.25) is 9.78 Å². The third-order valence-electron chi connectivity index (χ3n) is 2.43. The molecule has 2 aromatic rings. The van der Waals surface area contributed by atoms with Crippen LogP contribution in [-0.2, 0) is 6.54 Å². The van der Waals surface area contributed by atoms with Crippen LogP contribution in [0.5, 0.6) is 0 Å². The highest BCUT2D eigenvalue weighted by molar-refractivity contribution is 5.70. The van der Waals surface area contributed by atoms with E-state index in [0.717, 1.165) is 0 Å². The Balaban J connectivity index is 2.38. The molecule has 0 fully saturated rings. The van der Waals surface area contributed by atoms with Crippen molar-refractivity contribution in [2.45, 2.75) is 18.9 Å². The third-order valence-corrected chi connectivity index (χ3v) is 2.43. The van der Waals surface area contributed by atoms with Gasteiger partial charge in [0.05, 0.1) is 19.5 Å². The number of anilines is 1. The van der Waals surface area contributed by atoms with Crippen molar-refractivity contribution in [2.75, 3.05) is 12.3 Å². The largest absolute Gasteiger partial charge is 0.393 e. The van der Waals surface area contributed by atoms with E-state index in [4.69, 9.17) is 10.8 Å². The fraction of sp³-hybridized carbons (Fsp3) is 0.444. The van der Waals surface area contributed by atoms with E-state index in [1.165, 1.54) is 10.9 Å². The Kier molecular flexibility index (Phi) is 3.24. The highest BCUT2D eigenvalue weighted by atomic mass is 19.2. The standard InChI is InChI=1S/C9H11F2N5O2/c10-4(5(11)2-17)1-16-3-13-6-7(16)14-9(12)15-8(6)18/h3-5,17H,1-2H2,(H3,12,14,15,18)/t4-,5-/m1/s1. The molecule has 0 radical (unpaired) electrons. The monoisotopic (exact) mass is 259 g/mol. The lowest BCUT2D eigenvalue weighted by Gasteiger charge is -2.11. The number of hydrogen-bond donors (Lipinski definition) is 3. The predicted octanol–water partition coefficient (Wildman–Crippen LogP) is -0.630. The summed E-state index contributed by atoms with van der Waals surface area (Å²) in [5, 5.41) is 8.50. The molecule has 0 aliphatic heterocycles. The average molecular weight is 259 g/mol. The minimum atomic E-state index is -2.00. The van der Waals surface area contributed by atoms with Crippen molar-refractivity contribution in [3.8, 4) is 0 Å². The Morgan fingerprint density at radius 1 is 1.50 bits per heavy atom. The molecular formula is C9H11F2N5O2. The van der Waals surface area contributed by atoms with Crippen LogP contribution in [0.3, 0.4) is 0 Å². The smallest absolute Gasteiger partial charge is 0.280 e. The van der Waals surface area contributed by atoms with Gasteiger partial charge in [0.15, 0.2) is 23.5 Å². The summed E-state index contributed by atoms with van der Waals surface area (Å²) in [7, 11) is 0. The van der Waals surface area contributed by atoms with Crippen LogP contribution >= 0.6 is 0 Å². The fourth-order valence-electron chi connectivity index (χ4n) is 1.52. The van der Waals surface area contributed by atoms with Gasteiger partial charge in [0.25, 0.3) is 5.56 Å². The van der Waals surface area contributed by atoms with E-state index in [9.17, 15) is 13.6 Å². The first kappa shape index (κ1) is 12.4. The number of aromatic amines is 1. The number of halogens is 2. The quantitative estimate of drug-likeness (QED) is 0.677. The minimum Gasteiger partial charge on any atom is -0.393 e. The lowest BCUT2D eigenvalue weighted by molar-refractivity contribution is 0.0884. The predicted molar refractivity (Wildman–Crippen MR) is 59.4 cm³/mol. The molecular weight excluding hydrogens is 248 g/mol. The molecule has 0 spiro atoms. The van der Waals surface area contributed by atoms with Crippen LogP contribution in [0.25, 0.3) is 11.2 Å². The molecule has 0 saturated heterocycles. The number of hydrogen-bond acceptors (Lipinski definition) is 5. The van der Waals surface area contributed by atoms with E-state index >= 15 is 0 Å². The molecule has 98 valence electrons. The highest BCUT2D eigenvalue weighted by Crippen LogP contribution is 2.11. The van der Waals surface area contributed by atoms with E-state index in [-0.39, 0.29) is 17.1 Å². The first-order chi connectivity index (χ1) is 8.52. The number of nitrogens with one attached hydrogen (secondary N) is 1. The molecule has 0 saturated carbocycles. The Morgan fingerprint density at radius 2 is 2.22 bits per heavy atom. The van der Waals surface area contributed by atoms with E-state index < -0.39 is 31.1 Å². The molecule has 0 aliphatic rings. The maximum absolute atomic E-state index is 13.4. The van der Waals surface area contributed by atoms with Gasteiger partial charge in [0.2, 0.25) is 5.95 Å². The van der Waals surface area contributed by atoms with Gasteiger partial charge in [-0.1, -0.05) is 0 Å². The first-order valence-electron chi connectivity index (χ1n) is 5.12. The van der Waals surface area contributed by atoms with Gasteiger partial charge < -0.3 is 15.4 Å². The Morgan fingerprint density at radius 3 is 2.89 bits per heavy atom. The van der Waals surface area contributed by atoms with Crippen LogP contribution in [-0.4, -0.2) is 43.6 Å². The second-order valence-corrected chi connectivity index (χ2v) is 3.73. The Labute approximate surface area is 99.3 Å². The summed E-state index contributed by atoms with van der Waals surface area (Å²) in [4.78, 5) is 21.2. The molecule has 0 bridgehead atoms. The number of rotatable bonds is 4. The lowest BCUT2D eigenvalue weighted by atomic mass is 10.2. The number of nitrogen functional groups attached to an aromatic ring is 1. The number of H-pyrrole nitrogens is 1. The second-order valence-electron chi connectivity index (χ2n) is 3.73. The Hall–Kier alpha value is -2.03. The van der Waals surface area contributed by atoms with Crippen molar-refractivity contribution in [2.24, 2.45) is 0 Å². The van der Waals surface area contributed by atoms with Gasteiger partial charge in [-0.25, -0.2) is 13.8 Å². The van der Waals surface area contributed by atoms with Crippen molar-refractivity contribution in [1.29, 1.82) is 0 Å². The number of aliphatic hydroxyl groups excluding tert-OH is 1. The van der Waals surface area contributed by atoms with Gasteiger partial charge in [-0.05, 0) is 0 Å². The maximum Gasteiger partial charge on any atom is 0.280 e. The SMILES string of the molecule is Nc1nc2c(ncn2C[C@@H](F)[C@H](F)CO)c(=O)[nH]1. The van der Waals surface area contributed by atoms with E-state index in [2.05, 4.69) is 15.0 Å². The summed E-state index contributed by atoms with van der Waals surface area (Å²) in [5.74, 6) is -0.136. The zero-order valence-corrected chi connectivity index (χ0v) is 9.18. The Bertz CT molecular complexity index is 611. The number of alkyl halides is 2. The average Bonchev–Trinajstić information content (AvgIpc) is 2.71. The van der Waals surface area contributed by atoms with Crippen LogP contribution in [0.1, 0.15) is 0 Å². The molecule has 0 unspecified atom stereocenters. The molecule has 2 aromatic heterocycles. The summed E-state index contributed by atoms with van der Waals surface area (Å²) >= 11 is 0. The van der Waals surface area contributed by atoms with Gasteiger partial charge in [-0.2, -0.15) is 4.98 Å². The molecule has 0 amide bonds. The van der Waals surface area contributed by atoms with Crippen molar-refractivity contribution in [3.05, 3.63) is 16.7 Å². The summed E-state index contributed by atoms with van der Waals surface area (Å²) in [6, 6.07) is 0. The zero-order chi connectivity index (χ0) is 13.3. The van der Waals surface area contributed by atoms with Gasteiger partial charge >= 0.3 is 0 Å². The van der Waals surface area contributed by atoms with Crippen LogP contribution < -0.4 is 11.3 Å². The molecule has 7 nitrogen and oxygen atoms in total. The highest BCUT2D eigenvalue weighted by Gasteiger charge is 2.21. The van der Waals surface area contributed by atoms with E-state index in [1.54, 1.807) is 0 Å². The summed E-state index contributed by atoms with van der Waals surface area (Å²) in [6.07, 6.45) is -2.75. The fourth-order valence-corrected chi connectivity index (χ4v) is 1.52. The molecule has 4 N–H and O–H groups in total. The number of aromatic nitrogens is 4. The molecule has 9 heteroatoms. The second kappa shape index (κ2) is 4.69. The van der Waals surface area contributed by atoms with Gasteiger partial charge in [-0.15, -0.1) is 0 Å². The van der Waals surface area contributed by atoms with Crippen LogP contribution in [0, 0.1) is 0 Å². The molecule has 0 aliphatic carbocycles. The molecule has 2 heterocycles. The topological polar surface area (TPSA) is 110 Å². The summed E-state index contributed by atoms with van der Waals surface area (Å²) in [5.41, 5.74) is 4.87. The van der Waals surface area contributed by atoms with E-state index in [0.29, 0.717) is 0 Å². The molecule has 2 atom stereocenters. The van der Waals surface area contributed by atoms with Crippen LogP contribution in [0.4, 0.5) is 14.7 Å². The maximum atomic E-state index is 13.4. The van der Waals surface area contributed by atoms with E-state index in [1.807, 2.05) is 0 Å². The van der Waals surface area contributed by atoms with Crippen molar-refractivity contribution in [1.82, 2.24) is 19.5 Å². The van der Waals surface area contributed by atoms with Crippen LogP contribution in [0.15, 0.2) is 11.1 Å². The number of imidazole rings is 1.